The Balaban J connectivity index is 1.68. The fourth-order valence-electron chi connectivity index (χ4n) is 2.31. The number of aryl methyl sites for hydroxylation is 1. The Morgan fingerprint density at radius 2 is 2.38 bits per heavy atom. The number of hydrogen-bond donors (Lipinski definition) is 2. The van der Waals surface area contributed by atoms with E-state index in [-0.39, 0.29) is 25.0 Å². The topological polar surface area (TPSA) is 67.8 Å². The molecule has 1 aromatic carbocycles. The highest BCUT2D eigenvalue weighted by Crippen LogP contribution is 2.24. The molecule has 0 aromatic heterocycles. The second kappa shape index (κ2) is 6.91. The van der Waals surface area contributed by atoms with E-state index in [2.05, 4.69) is 5.32 Å². The Labute approximate surface area is 125 Å². The summed E-state index contributed by atoms with van der Waals surface area (Å²) >= 11 is 0. The van der Waals surface area contributed by atoms with Gasteiger partial charge in [-0.25, -0.2) is 0 Å². The van der Waals surface area contributed by atoms with Crippen molar-refractivity contribution in [2.45, 2.75) is 38.4 Å². The molecular formula is C16H23NO4. The summed E-state index contributed by atoms with van der Waals surface area (Å²) in [6, 6.07) is 7.70. The SMILES string of the molecule is Cc1cccc(OCCC(=O)NCC2(O)CCOC2C)c1. The number of carbonyl (C=O) groups is 1. The summed E-state index contributed by atoms with van der Waals surface area (Å²) in [6.07, 6.45) is 0.564. The molecule has 1 saturated heterocycles. The summed E-state index contributed by atoms with van der Waals surface area (Å²) in [5.41, 5.74) is 0.168. The van der Waals surface area contributed by atoms with Crippen molar-refractivity contribution in [3.8, 4) is 5.75 Å². The molecule has 2 N–H and O–H groups in total. The summed E-state index contributed by atoms with van der Waals surface area (Å²) in [5, 5.41) is 13.0. The van der Waals surface area contributed by atoms with Crippen LogP contribution >= 0.6 is 0 Å². The molecule has 1 fully saturated rings. The summed E-state index contributed by atoms with van der Waals surface area (Å²) in [6.45, 7) is 4.88. The van der Waals surface area contributed by atoms with Gasteiger partial charge in [-0.15, -0.1) is 0 Å². The highest BCUT2D eigenvalue weighted by atomic mass is 16.5. The number of hydrogen-bond acceptors (Lipinski definition) is 4. The standard InChI is InChI=1S/C16H23NO4/c1-12-4-3-5-14(10-12)21-8-6-15(18)17-11-16(19)7-9-20-13(16)2/h3-5,10,13,19H,6-9,11H2,1-2H3,(H,17,18). The average molecular weight is 293 g/mol. The van der Waals surface area contributed by atoms with Crippen LogP contribution in [0.5, 0.6) is 5.75 Å². The number of ether oxygens (including phenoxy) is 2. The molecule has 5 heteroatoms. The Bertz CT molecular complexity index is 491. The molecule has 1 aromatic rings. The normalized spacial score (nSPS) is 24.8. The van der Waals surface area contributed by atoms with E-state index < -0.39 is 5.60 Å². The lowest BCUT2D eigenvalue weighted by molar-refractivity contribution is -0.123. The molecule has 1 aliphatic rings. The van der Waals surface area contributed by atoms with Gasteiger partial charge in [-0.2, -0.15) is 0 Å². The molecule has 2 rings (SSSR count). The number of benzene rings is 1. The van der Waals surface area contributed by atoms with Crippen molar-refractivity contribution in [3.63, 3.8) is 0 Å². The molecule has 5 nitrogen and oxygen atoms in total. The number of nitrogens with one attached hydrogen (secondary N) is 1. The van der Waals surface area contributed by atoms with Crippen molar-refractivity contribution < 1.29 is 19.4 Å². The van der Waals surface area contributed by atoms with Crippen molar-refractivity contribution in [2.75, 3.05) is 19.8 Å². The van der Waals surface area contributed by atoms with Crippen molar-refractivity contribution >= 4 is 5.91 Å². The quantitative estimate of drug-likeness (QED) is 0.832. The van der Waals surface area contributed by atoms with E-state index >= 15 is 0 Å². The molecule has 0 radical (unpaired) electrons. The minimum Gasteiger partial charge on any atom is -0.493 e. The monoisotopic (exact) mass is 293 g/mol. The molecule has 2 unspecified atom stereocenters. The first-order valence-corrected chi connectivity index (χ1v) is 7.30. The zero-order valence-electron chi connectivity index (χ0n) is 12.6. The second-order valence-electron chi connectivity index (χ2n) is 5.56. The Hall–Kier alpha value is -1.59. The van der Waals surface area contributed by atoms with E-state index in [4.69, 9.17) is 9.47 Å². The van der Waals surface area contributed by atoms with E-state index in [0.29, 0.717) is 19.6 Å². The van der Waals surface area contributed by atoms with E-state index in [1.54, 1.807) is 0 Å². The van der Waals surface area contributed by atoms with Gasteiger partial charge in [0.15, 0.2) is 0 Å². The van der Waals surface area contributed by atoms with Crippen molar-refractivity contribution in [1.29, 1.82) is 0 Å². The maximum atomic E-state index is 11.8. The zero-order chi connectivity index (χ0) is 15.3. The molecule has 116 valence electrons. The second-order valence-corrected chi connectivity index (χ2v) is 5.56. The van der Waals surface area contributed by atoms with Crippen LogP contribution in [-0.2, 0) is 9.53 Å². The van der Waals surface area contributed by atoms with Crippen LogP contribution in [0.1, 0.15) is 25.3 Å². The van der Waals surface area contributed by atoms with Gasteiger partial charge in [0.05, 0.1) is 19.1 Å². The summed E-state index contributed by atoms with van der Waals surface area (Å²) in [7, 11) is 0. The largest absolute Gasteiger partial charge is 0.493 e. The zero-order valence-corrected chi connectivity index (χ0v) is 12.6. The van der Waals surface area contributed by atoms with Gasteiger partial charge in [-0.3, -0.25) is 4.79 Å². The first-order chi connectivity index (χ1) is 9.99. The third-order valence-corrected chi connectivity index (χ3v) is 3.84. The van der Waals surface area contributed by atoms with Crippen LogP contribution in [0, 0.1) is 6.92 Å². The fourth-order valence-corrected chi connectivity index (χ4v) is 2.31. The number of aliphatic hydroxyl groups is 1. The van der Waals surface area contributed by atoms with Gasteiger partial charge in [0.2, 0.25) is 5.91 Å². The van der Waals surface area contributed by atoms with E-state index in [1.165, 1.54) is 0 Å². The molecule has 0 aliphatic carbocycles. The van der Waals surface area contributed by atoms with Crippen LogP contribution in [0.3, 0.4) is 0 Å². The third-order valence-electron chi connectivity index (χ3n) is 3.84. The number of amides is 1. The molecule has 2 atom stereocenters. The lowest BCUT2D eigenvalue weighted by Crippen LogP contribution is -2.47. The first-order valence-electron chi connectivity index (χ1n) is 7.30. The van der Waals surface area contributed by atoms with Gasteiger partial charge < -0.3 is 19.9 Å². The fraction of sp³-hybridized carbons (Fsp3) is 0.562. The van der Waals surface area contributed by atoms with Crippen LogP contribution < -0.4 is 10.1 Å². The maximum Gasteiger partial charge on any atom is 0.223 e. The minimum atomic E-state index is -0.951. The highest BCUT2D eigenvalue weighted by molar-refractivity contribution is 5.76. The third kappa shape index (κ3) is 4.44. The van der Waals surface area contributed by atoms with Crippen LogP contribution in [0.4, 0.5) is 0 Å². The molecular weight excluding hydrogens is 270 g/mol. The maximum absolute atomic E-state index is 11.8. The predicted molar refractivity (Wildman–Crippen MR) is 79.3 cm³/mol. The van der Waals surface area contributed by atoms with E-state index in [1.807, 2.05) is 38.1 Å². The van der Waals surface area contributed by atoms with Gasteiger partial charge in [-0.1, -0.05) is 12.1 Å². The van der Waals surface area contributed by atoms with Crippen molar-refractivity contribution in [2.24, 2.45) is 0 Å². The van der Waals surface area contributed by atoms with Crippen LogP contribution in [0.2, 0.25) is 0 Å². The van der Waals surface area contributed by atoms with Gasteiger partial charge in [-0.05, 0) is 31.5 Å². The van der Waals surface area contributed by atoms with Gasteiger partial charge in [0, 0.05) is 19.6 Å². The molecule has 0 bridgehead atoms. The highest BCUT2D eigenvalue weighted by Gasteiger charge is 2.39. The lowest BCUT2D eigenvalue weighted by atomic mass is 9.97. The van der Waals surface area contributed by atoms with Crippen molar-refractivity contribution in [1.82, 2.24) is 5.32 Å². The lowest BCUT2D eigenvalue weighted by Gasteiger charge is -2.26. The smallest absolute Gasteiger partial charge is 0.223 e. The van der Waals surface area contributed by atoms with Gasteiger partial charge in [0.25, 0.3) is 0 Å². The molecule has 1 amide bonds. The first kappa shape index (κ1) is 15.8. The number of rotatable bonds is 6. The molecule has 0 saturated carbocycles. The van der Waals surface area contributed by atoms with E-state index in [0.717, 1.165) is 11.3 Å². The summed E-state index contributed by atoms with van der Waals surface area (Å²) in [5.74, 6) is 0.634. The summed E-state index contributed by atoms with van der Waals surface area (Å²) < 4.78 is 10.9. The van der Waals surface area contributed by atoms with Crippen molar-refractivity contribution in [3.05, 3.63) is 29.8 Å². The van der Waals surface area contributed by atoms with Crippen LogP contribution in [0.15, 0.2) is 24.3 Å². The van der Waals surface area contributed by atoms with Crippen LogP contribution in [0.25, 0.3) is 0 Å². The van der Waals surface area contributed by atoms with Crippen LogP contribution in [-0.4, -0.2) is 42.5 Å². The molecule has 1 heterocycles. The molecule has 1 aliphatic heterocycles. The Morgan fingerprint density at radius 3 is 3.05 bits per heavy atom. The average Bonchev–Trinajstić information content (AvgIpc) is 2.77. The Kier molecular flexibility index (Phi) is 5.20. The Morgan fingerprint density at radius 1 is 1.57 bits per heavy atom. The number of carbonyl (C=O) groups excluding carboxylic acids is 1. The minimum absolute atomic E-state index is 0.129. The van der Waals surface area contributed by atoms with Gasteiger partial charge >= 0.3 is 0 Å². The summed E-state index contributed by atoms with van der Waals surface area (Å²) in [4.78, 5) is 11.8. The van der Waals surface area contributed by atoms with E-state index in [9.17, 15) is 9.90 Å². The molecule has 0 spiro atoms. The van der Waals surface area contributed by atoms with Gasteiger partial charge in [0.1, 0.15) is 11.4 Å². The predicted octanol–water partition coefficient (Wildman–Crippen LogP) is 1.42. The molecule has 21 heavy (non-hydrogen) atoms.